The molecule has 4 fully saturated rings. The van der Waals surface area contributed by atoms with Gasteiger partial charge in [0.25, 0.3) is 0 Å². The highest BCUT2D eigenvalue weighted by molar-refractivity contribution is 5.79. The Morgan fingerprint density at radius 2 is 1.76 bits per heavy atom. The molecule has 0 aromatic rings. The predicted molar refractivity (Wildman–Crippen MR) is 115 cm³/mol. The first kappa shape index (κ1) is 21.4. The average Bonchev–Trinajstić information content (AvgIpc) is 3.10. The Morgan fingerprint density at radius 3 is 2.52 bits per heavy atom. The van der Waals surface area contributed by atoms with E-state index in [2.05, 4.69) is 13.8 Å². The van der Waals surface area contributed by atoms with Gasteiger partial charge in [0.05, 0.1) is 6.10 Å². The van der Waals surface area contributed by atoms with Crippen molar-refractivity contribution in [2.45, 2.75) is 104 Å². The topological polar surface area (TPSA) is 43.4 Å². The number of ketones is 1. The predicted octanol–water partition coefficient (Wildman–Crippen LogP) is 6.19. The SMILES string of the molecule is CC(C)OC(=O)CC[C@@H](C)[C@H]1CCC2C3CCC4CC(=O)CC[C@]4(C)C3CC[C@@H]21. The van der Waals surface area contributed by atoms with Crippen molar-refractivity contribution in [1.29, 1.82) is 0 Å². The van der Waals surface area contributed by atoms with Crippen molar-refractivity contribution in [3.8, 4) is 0 Å². The summed E-state index contributed by atoms with van der Waals surface area (Å²) in [6.45, 7) is 8.78. The first-order valence-corrected chi connectivity index (χ1v) is 12.5. The molecule has 4 aliphatic rings. The third-order valence-electron chi connectivity index (χ3n) is 9.76. The van der Waals surface area contributed by atoms with Crippen LogP contribution < -0.4 is 0 Å². The lowest BCUT2D eigenvalue weighted by Gasteiger charge is -2.58. The number of hydrogen-bond donors (Lipinski definition) is 0. The van der Waals surface area contributed by atoms with Gasteiger partial charge in [0.15, 0.2) is 0 Å². The van der Waals surface area contributed by atoms with Crippen molar-refractivity contribution in [2.75, 3.05) is 0 Å². The van der Waals surface area contributed by atoms with Crippen LogP contribution in [0.4, 0.5) is 0 Å². The number of esters is 1. The van der Waals surface area contributed by atoms with Crippen LogP contribution >= 0.6 is 0 Å². The molecule has 29 heavy (non-hydrogen) atoms. The maximum atomic E-state index is 12.1. The van der Waals surface area contributed by atoms with Crippen LogP contribution in [-0.4, -0.2) is 17.9 Å². The number of carbonyl (C=O) groups is 2. The molecule has 0 N–H and O–H groups in total. The summed E-state index contributed by atoms with van der Waals surface area (Å²) in [5.41, 5.74) is 0.423. The van der Waals surface area contributed by atoms with Crippen molar-refractivity contribution in [2.24, 2.45) is 46.8 Å². The Balaban J connectivity index is 1.38. The Labute approximate surface area is 177 Å². The average molecular weight is 403 g/mol. The number of ether oxygens (including phenoxy) is 1. The molecule has 0 spiro atoms. The minimum absolute atomic E-state index is 0.00415. The van der Waals surface area contributed by atoms with Crippen molar-refractivity contribution in [1.82, 2.24) is 0 Å². The molecule has 4 unspecified atom stereocenters. The van der Waals surface area contributed by atoms with Crippen LogP contribution in [0.25, 0.3) is 0 Å². The number of rotatable bonds is 5. The lowest BCUT2D eigenvalue weighted by molar-refractivity contribution is -0.147. The maximum Gasteiger partial charge on any atom is 0.306 e. The first-order chi connectivity index (χ1) is 13.8. The van der Waals surface area contributed by atoms with Crippen LogP contribution in [0.3, 0.4) is 0 Å². The van der Waals surface area contributed by atoms with Crippen molar-refractivity contribution in [3.63, 3.8) is 0 Å². The van der Waals surface area contributed by atoms with Crippen LogP contribution in [0.2, 0.25) is 0 Å². The highest BCUT2D eigenvalue weighted by Gasteiger charge is 2.56. The van der Waals surface area contributed by atoms with Gasteiger partial charge in [-0.25, -0.2) is 0 Å². The lowest BCUT2D eigenvalue weighted by Crippen LogP contribution is -2.51. The van der Waals surface area contributed by atoms with Crippen LogP contribution in [0.15, 0.2) is 0 Å². The zero-order valence-electron chi connectivity index (χ0n) is 19.1. The second-order valence-corrected chi connectivity index (χ2v) is 11.5. The third-order valence-corrected chi connectivity index (χ3v) is 9.76. The summed E-state index contributed by atoms with van der Waals surface area (Å²) >= 11 is 0. The van der Waals surface area contributed by atoms with E-state index in [-0.39, 0.29) is 12.1 Å². The monoisotopic (exact) mass is 402 g/mol. The number of fused-ring (bicyclic) bond motifs is 5. The van der Waals surface area contributed by atoms with Gasteiger partial charge in [-0.3, -0.25) is 9.59 Å². The van der Waals surface area contributed by atoms with Gasteiger partial charge in [0, 0.05) is 19.3 Å². The van der Waals surface area contributed by atoms with E-state index in [0.29, 0.717) is 29.5 Å². The van der Waals surface area contributed by atoms with E-state index in [1.165, 1.54) is 38.5 Å². The fourth-order valence-corrected chi connectivity index (χ4v) is 8.33. The number of Topliss-reactive ketones (excluding diaryl/α,β-unsaturated/α-hetero) is 1. The standard InChI is InChI=1S/C26H42O3/c1-16(2)29-25(28)12-5-17(3)20-8-9-22-21(20)10-11-24-23(22)7-6-18-15-19(27)13-14-26(18,24)4/h16-18,20-24H,5-15H2,1-4H3/t17-,18?,20-,21-,22?,23?,24?,26+/m1/s1. The zero-order valence-corrected chi connectivity index (χ0v) is 19.1. The smallest absolute Gasteiger partial charge is 0.306 e. The van der Waals surface area contributed by atoms with Crippen molar-refractivity contribution >= 4 is 11.8 Å². The summed E-state index contributed by atoms with van der Waals surface area (Å²) in [6, 6.07) is 0. The van der Waals surface area contributed by atoms with E-state index in [0.717, 1.165) is 55.3 Å². The molecule has 164 valence electrons. The van der Waals surface area contributed by atoms with Gasteiger partial charge in [-0.2, -0.15) is 0 Å². The van der Waals surface area contributed by atoms with Crippen molar-refractivity contribution < 1.29 is 14.3 Å². The molecule has 0 radical (unpaired) electrons. The summed E-state index contributed by atoms with van der Waals surface area (Å²) in [6.07, 6.45) is 12.6. The van der Waals surface area contributed by atoms with E-state index in [4.69, 9.17) is 4.74 Å². The minimum Gasteiger partial charge on any atom is -0.463 e. The molecule has 0 bridgehead atoms. The molecule has 0 aromatic heterocycles. The van der Waals surface area contributed by atoms with Gasteiger partial charge >= 0.3 is 5.97 Å². The second-order valence-electron chi connectivity index (χ2n) is 11.5. The van der Waals surface area contributed by atoms with Gasteiger partial charge in [0.1, 0.15) is 5.78 Å². The first-order valence-electron chi connectivity index (χ1n) is 12.5. The Bertz CT molecular complexity index is 625. The van der Waals surface area contributed by atoms with E-state index in [9.17, 15) is 9.59 Å². The third kappa shape index (κ3) is 4.04. The van der Waals surface area contributed by atoms with Crippen LogP contribution in [0, 0.1) is 46.8 Å². The number of hydrogen-bond acceptors (Lipinski definition) is 3. The van der Waals surface area contributed by atoms with Gasteiger partial charge < -0.3 is 4.74 Å². The van der Waals surface area contributed by atoms with Gasteiger partial charge in [-0.05, 0) is 112 Å². The molecule has 4 saturated carbocycles. The zero-order chi connectivity index (χ0) is 20.8. The molecule has 3 nitrogen and oxygen atoms in total. The van der Waals surface area contributed by atoms with Crippen LogP contribution in [0.1, 0.15) is 98.3 Å². The molecule has 8 atom stereocenters. The Hall–Kier alpha value is -0.860. The summed E-state index contributed by atoms with van der Waals surface area (Å²) in [5.74, 6) is 6.10. The number of carbonyl (C=O) groups excluding carboxylic acids is 2. The quantitative estimate of drug-likeness (QED) is 0.515. The fourth-order valence-electron chi connectivity index (χ4n) is 8.33. The van der Waals surface area contributed by atoms with E-state index in [1.807, 2.05) is 13.8 Å². The molecule has 4 aliphatic carbocycles. The van der Waals surface area contributed by atoms with Crippen LogP contribution in [-0.2, 0) is 14.3 Å². The van der Waals surface area contributed by atoms with Crippen molar-refractivity contribution in [3.05, 3.63) is 0 Å². The summed E-state index contributed by atoms with van der Waals surface area (Å²) in [5, 5.41) is 0. The molecule has 0 amide bonds. The molecular weight excluding hydrogens is 360 g/mol. The summed E-state index contributed by atoms with van der Waals surface area (Å²) in [7, 11) is 0. The second kappa shape index (κ2) is 8.35. The van der Waals surface area contributed by atoms with E-state index in [1.54, 1.807) is 0 Å². The van der Waals surface area contributed by atoms with E-state index < -0.39 is 0 Å². The van der Waals surface area contributed by atoms with Gasteiger partial charge in [0.2, 0.25) is 0 Å². The lowest BCUT2D eigenvalue weighted by atomic mass is 9.47. The Morgan fingerprint density at radius 1 is 1.03 bits per heavy atom. The molecule has 4 rings (SSSR count). The summed E-state index contributed by atoms with van der Waals surface area (Å²) < 4.78 is 5.35. The molecule has 0 heterocycles. The molecule has 0 aromatic carbocycles. The normalized spacial score (nSPS) is 42.7. The largest absolute Gasteiger partial charge is 0.463 e. The highest BCUT2D eigenvalue weighted by Crippen LogP contribution is 2.64. The molecular formula is C26H42O3. The Kier molecular flexibility index (Phi) is 6.15. The van der Waals surface area contributed by atoms with Gasteiger partial charge in [-0.1, -0.05) is 13.8 Å². The van der Waals surface area contributed by atoms with Gasteiger partial charge in [-0.15, -0.1) is 0 Å². The minimum atomic E-state index is -0.0248. The van der Waals surface area contributed by atoms with E-state index >= 15 is 0 Å². The molecule has 0 saturated heterocycles. The molecule has 3 heteroatoms. The molecule has 0 aliphatic heterocycles. The highest BCUT2D eigenvalue weighted by atomic mass is 16.5. The maximum absolute atomic E-state index is 12.1. The van der Waals surface area contributed by atoms with Crippen LogP contribution in [0.5, 0.6) is 0 Å². The fraction of sp³-hybridized carbons (Fsp3) is 0.923. The summed E-state index contributed by atoms with van der Waals surface area (Å²) in [4.78, 5) is 24.0.